The zero-order valence-electron chi connectivity index (χ0n) is 6.45. The molecule has 1 heterocycles. The number of nitrogens with one attached hydrogen (secondary N) is 1. The summed E-state index contributed by atoms with van der Waals surface area (Å²) < 4.78 is 0. The Morgan fingerprint density at radius 2 is 2.27 bits per heavy atom. The van der Waals surface area contributed by atoms with Crippen LogP contribution < -0.4 is 5.32 Å². The summed E-state index contributed by atoms with van der Waals surface area (Å²) in [5.41, 5.74) is 0. The van der Waals surface area contributed by atoms with Gasteiger partial charge in [0.05, 0.1) is 12.0 Å². The molecule has 0 amide bonds. The minimum absolute atomic E-state index is 0.132. The number of carbonyl (C=O) groups is 1. The van der Waals surface area contributed by atoms with Crippen LogP contribution in [0.1, 0.15) is 6.92 Å². The Labute approximate surface area is 65.2 Å². The molecule has 3 N–H and O–H groups in total. The highest BCUT2D eigenvalue weighted by molar-refractivity contribution is 5.70. The number of carboxylic acid groups (broad SMARTS) is 1. The number of aliphatic hydroxyl groups is 1. The molecule has 0 spiro atoms. The van der Waals surface area contributed by atoms with Gasteiger partial charge in [-0.1, -0.05) is 6.92 Å². The van der Waals surface area contributed by atoms with Crippen LogP contribution in [0.5, 0.6) is 0 Å². The van der Waals surface area contributed by atoms with E-state index in [0.717, 1.165) is 0 Å². The summed E-state index contributed by atoms with van der Waals surface area (Å²) >= 11 is 0. The number of aliphatic carboxylic acids is 1. The van der Waals surface area contributed by atoms with Crippen molar-refractivity contribution in [3.05, 3.63) is 0 Å². The third-order valence-electron chi connectivity index (χ3n) is 2.26. The van der Waals surface area contributed by atoms with E-state index in [1.165, 1.54) is 0 Å². The van der Waals surface area contributed by atoms with Gasteiger partial charge in [-0.05, 0) is 0 Å². The third-order valence-corrected chi connectivity index (χ3v) is 2.26. The Kier molecular flexibility index (Phi) is 2.46. The standard InChI is InChI=1S/C7H13NO3/c1-4(7(10)11)5-2-8-3-6(5)9/h4-6,8-9H,2-3H2,1H3,(H,10,11)/t4-,5+,6+/m0/s1. The van der Waals surface area contributed by atoms with Crippen molar-refractivity contribution < 1.29 is 15.0 Å². The maximum atomic E-state index is 10.5. The Morgan fingerprint density at radius 1 is 1.64 bits per heavy atom. The van der Waals surface area contributed by atoms with E-state index in [0.29, 0.717) is 13.1 Å². The highest BCUT2D eigenvalue weighted by Crippen LogP contribution is 2.18. The van der Waals surface area contributed by atoms with Gasteiger partial charge in [0.2, 0.25) is 0 Å². The lowest BCUT2D eigenvalue weighted by atomic mass is 9.92. The van der Waals surface area contributed by atoms with E-state index in [1.54, 1.807) is 6.92 Å². The molecule has 0 radical (unpaired) electrons. The quantitative estimate of drug-likeness (QED) is 0.497. The minimum Gasteiger partial charge on any atom is -0.481 e. The predicted molar refractivity (Wildman–Crippen MR) is 39.2 cm³/mol. The minimum atomic E-state index is -0.835. The molecular formula is C7H13NO3. The van der Waals surface area contributed by atoms with E-state index < -0.39 is 18.0 Å². The molecule has 3 atom stereocenters. The van der Waals surface area contributed by atoms with E-state index in [9.17, 15) is 9.90 Å². The van der Waals surface area contributed by atoms with Crippen LogP contribution in [-0.2, 0) is 4.79 Å². The second kappa shape index (κ2) is 3.19. The maximum absolute atomic E-state index is 10.5. The van der Waals surface area contributed by atoms with Gasteiger partial charge in [-0.15, -0.1) is 0 Å². The maximum Gasteiger partial charge on any atom is 0.306 e. The lowest BCUT2D eigenvalue weighted by Crippen LogP contribution is -2.29. The predicted octanol–water partition coefficient (Wildman–Crippen LogP) is -0.713. The van der Waals surface area contributed by atoms with Crippen molar-refractivity contribution in [2.45, 2.75) is 13.0 Å². The van der Waals surface area contributed by atoms with Crippen LogP contribution in [0.25, 0.3) is 0 Å². The zero-order valence-corrected chi connectivity index (χ0v) is 6.45. The van der Waals surface area contributed by atoms with Gasteiger partial charge in [-0.3, -0.25) is 4.79 Å². The van der Waals surface area contributed by atoms with E-state index in [1.807, 2.05) is 0 Å². The molecule has 1 aliphatic heterocycles. The van der Waals surface area contributed by atoms with Gasteiger partial charge < -0.3 is 15.5 Å². The van der Waals surface area contributed by atoms with Gasteiger partial charge in [0, 0.05) is 19.0 Å². The third kappa shape index (κ3) is 1.70. The van der Waals surface area contributed by atoms with Gasteiger partial charge in [0.25, 0.3) is 0 Å². The lowest BCUT2D eigenvalue weighted by molar-refractivity contribution is -0.143. The molecule has 4 heteroatoms. The molecule has 11 heavy (non-hydrogen) atoms. The number of hydrogen-bond acceptors (Lipinski definition) is 3. The summed E-state index contributed by atoms with van der Waals surface area (Å²) in [6, 6.07) is 0. The first-order valence-corrected chi connectivity index (χ1v) is 3.74. The van der Waals surface area contributed by atoms with E-state index >= 15 is 0 Å². The summed E-state index contributed by atoms with van der Waals surface area (Å²) in [5, 5.41) is 20.8. The van der Waals surface area contributed by atoms with Crippen LogP contribution >= 0.6 is 0 Å². The van der Waals surface area contributed by atoms with E-state index in [4.69, 9.17) is 5.11 Å². The molecule has 0 bridgehead atoms. The van der Waals surface area contributed by atoms with Gasteiger partial charge in [-0.2, -0.15) is 0 Å². The van der Waals surface area contributed by atoms with Gasteiger partial charge in [0.1, 0.15) is 0 Å². The van der Waals surface area contributed by atoms with Crippen molar-refractivity contribution >= 4 is 5.97 Å². The molecule has 4 nitrogen and oxygen atoms in total. The molecule has 64 valence electrons. The number of aliphatic hydroxyl groups excluding tert-OH is 1. The fraction of sp³-hybridized carbons (Fsp3) is 0.857. The van der Waals surface area contributed by atoms with Crippen LogP contribution in [0.3, 0.4) is 0 Å². The van der Waals surface area contributed by atoms with Crippen LogP contribution in [0.4, 0.5) is 0 Å². The zero-order chi connectivity index (χ0) is 8.43. The van der Waals surface area contributed by atoms with Crippen molar-refractivity contribution in [2.24, 2.45) is 11.8 Å². The molecule has 1 aliphatic rings. The van der Waals surface area contributed by atoms with Crippen molar-refractivity contribution in [2.75, 3.05) is 13.1 Å². The first-order chi connectivity index (χ1) is 5.13. The smallest absolute Gasteiger partial charge is 0.306 e. The first kappa shape index (κ1) is 8.49. The van der Waals surface area contributed by atoms with Gasteiger partial charge >= 0.3 is 5.97 Å². The molecule has 1 fully saturated rings. The van der Waals surface area contributed by atoms with Gasteiger partial charge in [-0.25, -0.2) is 0 Å². The molecular weight excluding hydrogens is 146 g/mol. The summed E-state index contributed by atoms with van der Waals surface area (Å²) in [4.78, 5) is 10.5. The average Bonchev–Trinajstić information content (AvgIpc) is 2.33. The Morgan fingerprint density at radius 3 is 2.64 bits per heavy atom. The second-order valence-corrected chi connectivity index (χ2v) is 3.02. The number of carboxylic acids is 1. The highest BCUT2D eigenvalue weighted by atomic mass is 16.4. The van der Waals surface area contributed by atoms with Crippen molar-refractivity contribution in [1.82, 2.24) is 5.32 Å². The lowest BCUT2D eigenvalue weighted by Gasteiger charge is -2.16. The molecule has 1 saturated heterocycles. The molecule has 0 aromatic rings. The molecule has 0 aromatic heterocycles. The summed E-state index contributed by atoms with van der Waals surface area (Å²) in [6.07, 6.45) is -0.499. The monoisotopic (exact) mass is 159 g/mol. The Bertz CT molecular complexity index is 160. The highest BCUT2D eigenvalue weighted by Gasteiger charge is 2.33. The SMILES string of the molecule is C[C@H](C(=O)O)[C@H]1CNC[C@H]1O. The molecule has 1 rings (SSSR count). The second-order valence-electron chi connectivity index (χ2n) is 3.02. The number of rotatable bonds is 2. The van der Waals surface area contributed by atoms with Gasteiger partial charge in [0.15, 0.2) is 0 Å². The molecule has 0 aromatic carbocycles. The Hall–Kier alpha value is -0.610. The molecule has 0 saturated carbocycles. The van der Waals surface area contributed by atoms with Crippen LogP contribution in [0.15, 0.2) is 0 Å². The summed E-state index contributed by atoms with van der Waals surface area (Å²) in [7, 11) is 0. The average molecular weight is 159 g/mol. The normalized spacial score (nSPS) is 33.6. The molecule has 0 aliphatic carbocycles. The summed E-state index contributed by atoms with van der Waals surface area (Å²) in [6.45, 7) is 2.75. The first-order valence-electron chi connectivity index (χ1n) is 3.74. The summed E-state index contributed by atoms with van der Waals surface area (Å²) in [5.74, 6) is -1.43. The number of β-amino-alcohol motifs (C(OH)–C–C–N with tert-alkyl or cyclic N) is 1. The van der Waals surface area contributed by atoms with Crippen molar-refractivity contribution in [3.8, 4) is 0 Å². The van der Waals surface area contributed by atoms with Crippen LogP contribution in [0, 0.1) is 11.8 Å². The van der Waals surface area contributed by atoms with Crippen molar-refractivity contribution in [3.63, 3.8) is 0 Å². The largest absolute Gasteiger partial charge is 0.481 e. The fourth-order valence-corrected chi connectivity index (χ4v) is 1.38. The topological polar surface area (TPSA) is 69.6 Å². The Balaban J connectivity index is 2.52. The van der Waals surface area contributed by atoms with E-state index in [2.05, 4.69) is 5.32 Å². The number of hydrogen-bond donors (Lipinski definition) is 3. The van der Waals surface area contributed by atoms with Crippen LogP contribution in [-0.4, -0.2) is 35.4 Å². The van der Waals surface area contributed by atoms with E-state index in [-0.39, 0.29) is 5.92 Å². The van der Waals surface area contributed by atoms with Crippen molar-refractivity contribution in [1.29, 1.82) is 0 Å². The van der Waals surface area contributed by atoms with Crippen LogP contribution in [0.2, 0.25) is 0 Å². The fourth-order valence-electron chi connectivity index (χ4n) is 1.38. The molecule has 0 unspecified atom stereocenters.